The van der Waals surface area contributed by atoms with Crippen molar-refractivity contribution in [2.45, 2.75) is 31.7 Å². The summed E-state index contributed by atoms with van der Waals surface area (Å²) >= 11 is 0. The van der Waals surface area contributed by atoms with Crippen LogP contribution in [0.1, 0.15) is 26.2 Å². The molecule has 1 unspecified atom stereocenters. The number of hydrogen-bond acceptors (Lipinski definition) is 5. The van der Waals surface area contributed by atoms with Crippen molar-refractivity contribution in [2.24, 2.45) is 0 Å². The highest BCUT2D eigenvalue weighted by Crippen LogP contribution is 2.30. The van der Waals surface area contributed by atoms with Gasteiger partial charge >= 0.3 is 0 Å². The highest BCUT2D eigenvalue weighted by Gasteiger charge is 2.39. The lowest BCUT2D eigenvalue weighted by Crippen LogP contribution is -2.50. The van der Waals surface area contributed by atoms with E-state index in [1.807, 2.05) is 6.92 Å². The van der Waals surface area contributed by atoms with E-state index < -0.39 is 10.5 Å². The number of phenols is 1. The second-order valence-electron chi connectivity index (χ2n) is 4.88. The van der Waals surface area contributed by atoms with Crippen LogP contribution in [0.2, 0.25) is 0 Å². The van der Waals surface area contributed by atoms with Crippen molar-refractivity contribution >= 4 is 29.7 Å². The molecule has 8 heteroatoms. The molecule has 0 bridgehead atoms. The summed E-state index contributed by atoms with van der Waals surface area (Å²) in [5.74, 6) is -0.457. The Labute approximate surface area is 128 Å². The SMILES string of the molecule is CCC1(C(=O)Nc2cc([N+](=O)[O-])ccc2O)CCCN1.Cl. The second kappa shape index (κ2) is 6.73. The normalized spacial score (nSPS) is 20.6. The van der Waals surface area contributed by atoms with Gasteiger partial charge in [-0.1, -0.05) is 6.92 Å². The molecule has 1 saturated heterocycles. The Hall–Kier alpha value is -1.86. The molecular weight excluding hydrogens is 298 g/mol. The Balaban J connectivity index is 0.00000220. The van der Waals surface area contributed by atoms with Gasteiger partial charge in [0.2, 0.25) is 5.91 Å². The Morgan fingerprint density at radius 3 is 2.81 bits per heavy atom. The topological polar surface area (TPSA) is 104 Å². The molecule has 1 atom stereocenters. The van der Waals surface area contributed by atoms with Gasteiger partial charge in [-0.25, -0.2) is 0 Å². The van der Waals surface area contributed by atoms with E-state index >= 15 is 0 Å². The summed E-state index contributed by atoms with van der Waals surface area (Å²) < 4.78 is 0. The molecule has 1 amide bonds. The number of rotatable bonds is 4. The Kier molecular flexibility index (Phi) is 5.51. The van der Waals surface area contributed by atoms with E-state index in [4.69, 9.17) is 0 Å². The lowest BCUT2D eigenvalue weighted by atomic mass is 9.93. The van der Waals surface area contributed by atoms with Crippen LogP contribution in [0, 0.1) is 10.1 Å². The molecule has 7 nitrogen and oxygen atoms in total. The summed E-state index contributed by atoms with van der Waals surface area (Å²) in [6, 6.07) is 3.55. The van der Waals surface area contributed by atoms with Crippen molar-refractivity contribution in [2.75, 3.05) is 11.9 Å². The molecule has 0 aromatic heterocycles. The van der Waals surface area contributed by atoms with Crippen LogP contribution >= 0.6 is 12.4 Å². The van der Waals surface area contributed by atoms with Gasteiger partial charge in [0.05, 0.1) is 16.1 Å². The van der Waals surface area contributed by atoms with Crippen molar-refractivity contribution in [1.29, 1.82) is 0 Å². The molecule has 0 spiro atoms. The maximum absolute atomic E-state index is 12.3. The van der Waals surface area contributed by atoms with Gasteiger partial charge in [-0.3, -0.25) is 14.9 Å². The fourth-order valence-corrected chi connectivity index (χ4v) is 2.44. The van der Waals surface area contributed by atoms with Gasteiger partial charge in [0.1, 0.15) is 5.75 Å². The molecule has 0 radical (unpaired) electrons. The second-order valence-corrected chi connectivity index (χ2v) is 4.88. The molecule has 3 N–H and O–H groups in total. The smallest absolute Gasteiger partial charge is 0.271 e. The van der Waals surface area contributed by atoms with Crippen molar-refractivity contribution < 1.29 is 14.8 Å². The number of nitrogens with zero attached hydrogens (tertiary/aromatic N) is 1. The van der Waals surface area contributed by atoms with E-state index in [2.05, 4.69) is 10.6 Å². The lowest BCUT2D eigenvalue weighted by molar-refractivity contribution is -0.384. The van der Waals surface area contributed by atoms with Crippen LogP contribution in [0.15, 0.2) is 18.2 Å². The number of hydrogen-bond donors (Lipinski definition) is 3. The van der Waals surface area contributed by atoms with Crippen LogP contribution in [0.3, 0.4) is 0 Å². The quantitative estimate of drug-likeness (QED) is 0.449. The molecular formula is C13H18ClN3O4. The number of anilines is 1. The number of carbonyl (C=O) groups is 1. The van der Waals surface area contributed by atoms with Gasteiger partial charge in [0, 0.05) is 12.1 Å². The van der Waals surface area contributed by atoms with Crippen LogP contribution in [0.5, 0.6) is 5.75 Å². The fourth-order valence-electron chi connectivity index (χ4n) is 2.44. The molecule has 116 valence electrons. The number of amides is 1. The highest BCUT2D eigenvalue weighted by molar-refractivity contribution is 5.99. The zero-order valence-corrected chi connectivity index (χ0v) is 12.4. The Morgan fingerprint density at radius 2 is 2.29 bits per heavy atom. The van der Waals surface area contributed by atoms with E-state index in [9.17, 15) is 20.0 Å². The first kappa shape index (κ1) is 17.2. The van der Waals surface area contributed by atoms with E-state index in [-0.39, 0.29) is 35.4 Å². The summed E-state index contributed by atoms with van der Waals surface area (Å²) in [6.07, 6.45) is 2.24. The fraction of sp³-hybridized carbons (Fsp3) is 0.462. The van der Waals surface area contributed by atoms with E-state index in [1.165, 1.54) is 12.1 Å². The van der Waals surface area contributed by atoms with Gasteiger partial charge < -0.3 is 15.7 Å². The third-order valence-corrected chi connectivity index (χ3v) is 3.72. The predicted octanol–water partition coefficient (Wildman–Crippen LogP) is 2.19. The van der Waals surface area contributed by atoms with Gasteiger partial charge in [0.15, 0.2) is 0 Å². The summed E-state index contributed by atoms with van der Waals surface area (Å²) in [7, 11) is 0. The number of nitro benzene ring substituents is 1. The minimum Gasteiger partial charge on any atom is -0.506 e. The van der Waals surface area contributed by atoms with Gasteiger partial charge in [-0.15, -0.1) is 12.4 Å². The van der Waals surface area contributed by atoms with Crippen molar-refractivity contribution in [3.8, 4) is 5.75 Å². The molecule has 1 heterocycles. The molecule has 21 heavy (non-hydrogen) atoms. The maximum Gasteiger partial charge on any atom is 0.271 e. The highest BCUT2D eigenvalue weighted by atomic mass is 35.5. The third kappa shape index (κ3) is 3.43. The van der Waals surface area contributed by atoms with Crippen molar-refractivity contribution in [3.05, 3.63) is 28.3 Å². The average molecular weight is 316 g/mol. The largest absolute Gasteiger partial charge is 0.506 e. The predicted molar refractivity (Wildman–Crippen MR) is 80.9 cm³/mol. The summed E-state index contributed by atoms with van der Waals surface area (Å²) in [5.41, 5.74) is -0.773. The van der Waals surface area contributed by atoms with Crippen LogP contribution in [0.4, 0.5) is 11.4 Å². The standard InChI is InChI=1S/C13H17N3O4.ClH/c1-2-13(6-3-7-14-13)12(18)15-10-8-9(16(19)20)4-5-11(10)17;/h4-5,8,14,17H,2-3,6-7H2,1H3,(H,15,18);1H. The number of aromatic hydroxyl groups is 1. The zero-order chi connectivity index (χ0) is 14.8. The molecule has 1 fully saturated rings. The molecule has 2 rings (SSSR count). The van der Waals surface area contributed by atoms with E-state index in [0.717, 1.165) is 19.0 Å². The number of halogens is 1. The summed E-state index contributed by atoms with van der Waals surface area (Å²) in [6.45, 7) is 2.67. The van der Waals surface area contributed by atoms with Crippen molar-refractivity contribution in [1.82, 2.24) is 5.32 Å². The minimum absolute atomic E-state index is 0. The Bertz CT molecular complexity index is 544. The first-order valence-electron chi connectivity index (χ1n) is 6.52. The number of phenolic OH excluding ortho intramolecular Hbond substituents is 1. The summed E-state index contributed by atoms with van der Waals surface area (Å²) in [4.78, 5) is 22.5. The molecule has 1 aliphatic heterocycles. The first-order valence-corrected chi connectivity index (χ1v) is 6.52. The molecule has 0 aliphatic carbocycles. The summed E-state index contributed by atoms with van der Waals surface area (Å²) in [5, 5.41) is 26.2. The molecule has 1 aromatic carbocycles. The Morgan fingerprint density at radius 1 is 1.57 bits per heavy atom. The number of nitrogens with one attached hydrogen (secondary N) is 2. The number of benzene rings is 1. The van der Waals surface area contributed by atoms with E-state index in [1.54, 1.807) is 0 Å². The number of non-ortho nitro benzene ring substituents is 1. The van der Waals surface area contributed by atoms with Gasteiger partial charge in [-0.2, -0.15) is 0 Å². The first-order chi connectivity index (χ1) is 9.48. The lowest BCUT2D eigenvalue weighted by Gasteiger charge is -2.26. The number of carbonyl (C=O) groups excluding carboxylic acids is 1. The average Bonchev–Trinajstić information content (AvgIpc) is 2.91. The van der Waals surface area contributed by atoms with Crippen LogP contribution < -0.4 is 10.6 Å². The third-order valence-electron chi connectivity index (χ3n) is 3.72. The molecule has 0 saturated carbocycles. The molecule has 1 aliphatic rings. The van der Waals surface area contributed by atoms with E-state index in [0.29, 0.717) is 12.8 Å². The van der Waals surface area contributed by atoms with Gasteiger partial charge in [-0.05, 0) is 31.9 Å². The zero-order valence-electron chi connectivity index (χ0n) is 11.6. The van der Waals surface area contributed by atoms with Crippen molar-refractivity contribution in [3.63, 3.8) is 0 Å². The van der Waals surface area contributed by atoms with Crippen LogP contribution in [-0.4, -0.2) is 28.0 Å². The monoisotopic (exact) mass is 315 g/mol. The maximum atomic E-state index is 12.3. The van der Waals surface area contributed by atoms with Crippen LogP contribution in [0.25, 0.3) is 0 Å². The minimum atomic E-state index is -0.656. The molecule has 1 aromatic rings. The van der Waals surface area contributed by atoms with Crippen LogP contribution in [-0.2, 0) is 4.79 Å². The number of nitro groups is 1. The van der Waals surface area contributed by atoms with Gasteiger partial charge in [0.25, 0.3) is 5.69 Å².